The molecule has 17 heavy (non-hydrogen) atoms. The second-order valence-corrected chi connectivity index (χ2v) is 6.39. The first-order chi connectivity index (χ1) is 7.78. The third kappa shape index (κ3) is 1.92. The van der Waals surface area contributed by atoms with Crippen LogP contribution >= 0.6 is 0 Å². The fourth-order valence-electron chi connectivity index (χ4n) is 2.24. The Kier molecular flexibility index (Phi) is 2.49. The number of nitrogens with two attached hydrogens (primary N) is 1. The van der Waals surface area contributed by atoms with Crippen LogP contribution in [0.4, 0.5) is 0 Å². The smallest absolute Gasteiger partial charge is 0.243 e. The molecule has 1 aromatic heterocycles. The lowest BCUT2D eigenvalue weighted by Gasteiger charge is -2.03. The highest BCUT2D eigenvalue weighted by Crippen LogP contribution is 2.63. The lowest BCUT2D eigenvalue weighted by Crippen LogP contribution is -2.13. The zero-order valence-electron chi connectivity index (χ0n) is 9.58. The van der Waals surface area contributed by atoms with Gasteiger partial charge in [0.2, 0.25) is 0 Å². The molecule has 5 nitrogen and oxygen atoms in total. The lowest BCUT2D eigenvalue weighted by molar-refractivity contribution is 0.592. The molecular weight excluding hydrogens is 238 g/mol. The van der Waals surface area contributed by atoms with Crippen LogP contribution in [0.15, 0.2) is 23.4 Å². The van der Waals surface area contributed by atoms with E-state index in [1.54, 1.807) is 6.07 Å². The van der Waals surface area contributed by atoms with Crippen LogP contribution in [0.2, 0.25) is 0 Å². The Morgan fingerprint density at radius 2 is 2.12 bits per heavy atom. The number of hydrogen-bond donors (Lipinski definition) is 1. The van der Waals surface area contributed by atoms with Gasteiger partial charge in [-0.05, 0) is 17.0 Å². The summed E-state index contributed by atoms with van der Waals surface area (Å²) in [6, 6.07) is 5.31. The predicted octanol–water partition coefficient (Wildman–Crippen LogP) is 0.992. The van der Waals surface area contributed by atoms with Gasteiger partial charge in [0.25, 0.3) is 10.0 Å². The average Bonchev–Trinajstić information content (AvgIpc) is 2.79. The molecular formula is C11H13N3O2S. The van der Waals surface area contributed by atoms with E-state index < -0.39 is 10.0 Å². The SMILES string of the molecule is CC1(C)C(C#N)C1c1ccc(S(N)(=O)=O)nc1. The highest BCUT2D eigenvalue weighted by Gasteiger charge is 2.59. The van der Waals surface area contributed by atoms with Crippen molar-refractivity contribution in [3.8, 4) is 6.07 Å². The maximum Gasteiger partial charge on any atom is 0.255 e. The maximum absolute atomic E-state index is 11.0. The highest BCUT2D eigenvalue weighted by molar-refractivity contribution is 7.89. The minimum absolute atomic E-state index is 0.0374. The molecule has 0 aromatic carbocycles. The van der Waals surface area contributed by atoms with E-state index >= 15 is 0 Å². The molecule has 90 valence electrons. The zero-order chi connectivity index (χ0) is 12.8. The lowest BCUT2D eigenvalue weighted by atomic mass is 10.1. The molecule has 0 aliphatic heterocycles. The molecule has 0 saturated heterocycles. The van der Waals surface area contributed by atoms with Gasteiger partial charge in [0.05, 0.1) is 12.0 Å². The zero-order valence-corrected chi connectivity index (χ0v) is 10.4. The Bertz CT molecular complexity index is 584. The first-order valence-corrected chi connectivity index (χ1v) is 6.71. The Labute approximate surface area is 100 Å². The summed E-state index contributed by atoms with van der Waals surface area (Å²) in [5.41, 5.74) is 0.813. The molecule has 0 spiro atoms. The van der Waals surface area contributed by atoms with Gasteiger partial charge in [0, 0.05) is 12.1 Å². The third-order valence-electron chi connectivity index (χ3n) is 3.38. The molecule has 0 bridgehead atoms. The van der Waals surface area contributed by atoms with E-state index in [-0.39, 0.29) is 22.3 Å². The van der Waals surface area contributed by atoms with E-state index in [1.807, 2.05) is 13.8 Å². The molecule has 6 heteroatoms. The Balaban J connectivity index is 2.31. The van der Waals surface area contributed by atoms with Gasteiger partial charge >= 0.3 is 0 Å². The predicted molar refractivity (Wildman–Crippen MR) is 61.2 cm³/mol. The van der Waals surface area contributed by atoms with E-state index in [9.17, 15) is 8.42 Å². The largest absolute Gasteiger partial charge is 0.255 e. The molecule has 2 unspecified atom stereocenters. The standard InChI is InChI=1S/C11H13N3O2S/c1-11(2)8(5-12)10(11)7-3-4-9(14-6-7)17(13,15)16/h3-4,6,8,10H,1-2H3,(H2,13,15,16). The van der Waals surface area contributed by atoms with Crippen molar-refractivity contribution in [3.63, 3.8) is 0 Å². The van der Waals surface area contributed by atoms with Crippen LogP contribution in [0.3, 0.4) is 0 Å². The summed E-state index contributed by atoms with van der Waals surface area (Å²) >= 11 is 0. The number of pyridine rings is 1. The number of rotatable bonds is 2. The van der Waals surface area contributed by atoms with E-state index in [2.05, 4.69) is 11.1 Å². The van der Waals surface area contributed by atoms with E-state index in [0.717, 1.165) is 5.56 Å². The van der Waals surface area contributed by atoms with Crippen LogP contribution in [-0.4, -0.2) is 13.4 Å². The van der Waals surface area contributed by atoms with Crippen molar-refractivity contribution in [1.29, 1.82) is 5.26 Å². The monoisotopic (exact) mass is 251 g/mol. The minimum Gasteiger partial charge on any atom is -0.243 e. The molecule has 0 radical (unpaired) electrons. The fourth-order valence-corrected chi connectivity index (χ4v) is 2.70. The van der Waals surface area contributed by atoms with Crippen molar-refractivity contribution < 1.29 is 8.42 Å². The summed E-state index contributed by atoms with van der Waals surface area (Å²) in [5, 5.41) is 13.8. The average molecular weight is 251 g/mol. The Morgan fingerprint density at radius 1 is 1.47 bits per heavy atom. The van der Waals surface area contributed by atoms with Crippen LogP contribution in [0.25, 0.3) is 0 Å². The van der Waals surface area contributed by atoms with Crippen molar-refractivity contribution >= 4 is 10.0 Å². The van der Waals surface area contributed by atoms with Gasteiger partial charge in [0.1, 0.15) is 0 Å². The van der Waals surface area contributed by atoms with E-state index in [1.165, 1.54) is 12.3 Å². The minimum atomic E-state index is -3.75. The summed E-state index contributed by atoms with van der Waals surface area (Å²) in [6.45, 7) is 4.03. The van der Waals surface area contributed by atoms with Gasteiger partial charge in [-0.15, -0.1) is 0 Å². The molecule has 1 saturated carbocycles. The quantitative estimate of drug-likeness (QED) is 0.847. The molecule has 1 aliphatic carbocycles. The third-order valence-corrected chi connectivity index (χ3v) is 4.20. The summed E-state index contributed by atoms with van der Waals surface area (Å²) in [4.78, 5) is 3.82. The van der Waals surface area contributed by atoms with Gasteiger partial charge in [-0.3, -0.25) is 0 Å². The Hall–Kier alpha value is -1.45. The number of primary sulfonamides is 1. The first kappa shape index (κ1) is 12.0. The molecule has 1 aliphatic rings. The number of hydrogen-bond acceptors (Lipinski definition) is 4. The normalized spacial score (nSPS) is 26.2. The van der Waals surface area contributed by atoms with Gasteiger partial charge in [-0.1, -0.05) is 19.9 Å². The summed E-state index contributed by atoms with van der Waals surface area (Å²) in [5.74, 6) is 0.0826. The van der Waals surface area contributed by atoms with Crippen molar-refractivity contribution in [2.75, 3.05) is 0 Å². The van der Waals surface area contributed by atoms with Crippen LogP contribution in [0, 0.1) is 22.7 Å². The first-order valence-electron chi connectivity index (χ1n) is 5.17. The van der Waals surface area contributed by atoms with Crippen LogP contribution in [0.5, 0.6) is 0 Å². The van der Waals surface area contributed by atoms with Crippen LogP contribution < -0.4 is 5.14 Å². The molecule has 1 aromatic rings. The number of nitriles is 1. The molecule has 2 rings (SSSR count). The number of nitrogens with zero attached hydrogens (tertiary/aromatic N) is 2. The highest BCUT2D eigenvalue weighted by atomic mass is 32.2. The molecule has 0 amide bonds. The number of sulfonamides is 1. The van der Waals surface area contributed by atoms with E-state index in [0.29, 0.717) is 0 Å². The van der Waals surface area contributed by atoms with Crippen molar-refractivity contribution in [3.05, 3.63) is 23.9 Å². The summed E-state index contributed by atoms with van der Waals surface area (Å²) in [6.07, 6.45) is 1.49. The van der Waals surface area contributed by atoms with Gasteiger partial charge < -0.3 is 0 Å². The van der Waals surface area contributed by atoms with Gasteiger partial charge in [-0.2, -0.15) is 5.26 Å². The van der Waals surface area contributed by atoms with Crippen molar-refractivity contribution in [2.45, 2.75) is 24.8 Å². The fraction of sp³-hybridized carbons (Fsp3) is 0.455. The van der Waals surface area contributed by atoms with Crippen LogP contribution in [0.1, 0.15) is 25.3 Å². The van der Waals surface area contributed by atoms with Crippen molar-refractivity contribution in [1.82, 2.24) is 4.98 Å². The molecule has 2 atom stereocenters. The topological polar surface area (TPSA) is 96.8 Å². The molecule has 1 fully saturated rings. The molecule has 1 heterocycles. The van der Waals surface area contributed by atoms with Crippen LogP contribution in [-0.2, 0) is 10.0 Å². The van der Waals surface area contributed by atoms with Gasteiger partial charge in [-0.25, -0.2) is 18.5 Å². The van der Waals surface area contributed by atoms with E-state index in [4.69, 9.17) is 10.4 Å². The second-order valence-electron chi connectivity index (χ2n) is 4.88. The summed E-state index contributed by atoms with van der Waals surface area (Å²) < 4.78 is 22.1. The molecule has 2 N–H and O–H groups in total. The number of aromatic nitrogens is 1. The summed E-state index contributed by atoms with van der Waals surface area (Å²) in [7, 11) is -3.75. The van der Waals surface area contributed by atoms with Crippen molar-refractivity contribution in [2.24, 2.45) is 16.5 Å². The van der Waals surface area contributed by atoms with Gasteiger partial charge in [0.15, 0.2) is 5.03 Å². The Morgan fingerprint density at radius 3 is 2.47 bits per heavy atom. The second kappa shape index (κ2) is 3.52. The maximum atomic E-state index is 11.0.